The summed E-state index contributed by atoms with van der Waals surface area (Å²) in [6, 6.07) is 5.55. The molecule has 43 heavy (non-hydrogen) atoms. The summed E-state index contributed by atoms with van der Waals surface area (Å²) >= 11 is 0. The van der Waals surface area contributed by atoms with Gasteiger partial charge in [0.15, 0.2) is 23.2 Å². The first kappa shape index (κ1) is 30.9. The van der Waals surface area contributed by atoms with E-state index in [2.05, 4.69) is 0 Å². The third kappa shape index (κ3) is 5.49. The second kappa shape index (κ2) is 11.9. The molecule has 0 radical (unpaired) electrons. The van der Waals surface area contributed by atoms with E-state index in [0.29, 0.717) is 0 Å². The van der Waals surface area contributed by atoms with Gasteiger partial charge in [-0.05, 0) is 18.2 Å². The number of fused-ring (bicyclic) bond motifs is 1. The van der Waals surface area contributed by atoms with Gasteiger partial charge >= 0.3 is 0 Å². The fourth-order valence-electron chi connectivity index (χ4n) is 5.13. The normalized spacial score (nSPS) is 33.1. The fourth-order valence-corrected chi connectivity index (χ4v) is 5.13. The molecule has 1 aromatic heterocycles. The number of phenolic OH excluding ortho intramolecular Hbond substituents is 4. The van der Waals surface area contributed by atoms with Crippen LogP contribution in [0.5, 0.6) is 23.0 Å². The maximum absolute atomic E-state index is 13.0. The van der Waals surface area contributed by atoms with Crippen LogP contribution in [0, 0.1) is 0 Å². The molecule has 10 atom stereocenters. The number of rotatable bonds is 6. The van der Waals surface area contributed by atoms with E-state index >= 15 is 0 Å². The first-order valence-electron chi connectivity index (χ1n) is 13.0. The Morgan fingerprint density at radius 3 is 2.07 bits per heavy atom. The Morgan fingerprint density at radius 1 is 0.721 bits per heavy atom. The van der Waals surface area contributed by atoms with E-state index < -0.39 is 114 Å². The first-order chi connectivity index (χ1) is 20.3. The van der Waals surface area contributed by atoms with Gasteiger partial charge in [-0.25, -0.2) is 0 Å². The molecule has 0 aliphatic carbocycles. The average Bonchev–Trinajstić information content (AvgIpc) is 2.97. The summed E-state index contributed by atoms with van der Waals surface area (Å²) < 4.78 is 21.9. The van der Waals surface area contributed by atoms with Gasteiger partial charge in [0, 0.05) is 17.7 Å². The Hall–Kier alpha value is -3.55. The van der Waals surface area contributed by atoms with E-state index in [4.69, 9.17) is 18.6 Å². The van der Waals surface area contributed by atoms with Gasteiger partial charge in [-0.2, -0.15) is 0 Å². The van der Waals surface area contributed by atoms with E-state index in [1.54, 1.807) is 0 Å². The van der Waals surface area contributed by atoms with Gasteiger partial charge < -0.3 is 74.8 Å². The Kier molecular flexibility index (Phi) is 8.52. The van der Waals surface area contributed by atoms with Crippen molar-refractivity contribution < 1.29 is 74.8 Å². The number of phenols is 4. The first-order valence-corrected chi connectivity index (χ1v) is 13.0. The lowest BCUT2D eigenvalue weighted by Gasteiger charge is -2.43. The molecule has 16 heteroatoms. The van der Waals surface area contributed by atoms with Crippen molar-refractivity contribution in [3.8, 4) is 34.3 Å². The van der Waals surface area contributed by atoms with Gasteiger partial charge in [0.25, 0.3) is 0 Å². The van der Waals surface area contributed by atoms with Crippen LogP contribution in [-0.2, 0) is 14.2 Å². The lowest BCUT2D eigenvalue weighted by Crippen LogP contribution is -2.60. The molecule has 0 unspecified atom stereocenters. The Bertz CT molecular complexity index is 1540. The zero-order chi connectivity index (χ0) is 31.3. The molecule has 3 aromatic rings. The summed E-state index contributed by atoms with van der Waals surface area (Å²) in [6.45, 7) is -1.39. The van der Waals surface area contributed by atoms with Gasteiger partial charge in [-0.1, -0.05) is 0 Å². The van der Waals surface area contributed by atoms with E-state index in [-0.39, 0.29) is 16.9 Å². The molecular weight excluding hydrogens is 580 g/mol. The zero-order valence-electron chi connectivity index (χ0n) is 22.0. The van der Waals surface area contributed by atoms with Crippen molar-refractivity contribution in [3.05, 3.63) is 46.1 Å². The van der Waals surface area contributed by atoms with Crippen molar-refractivity contribution in [2.24, 2.45) is 0 Å². The van der Waals surface area contributed by atoms with E-state index in [0.717, 1.165) is 24.3 Å². The van der Waals surface area contributed by atoms with Crippen molar-refractivity contribution >= 4 is 11.0 Å². The fraction of sp³-hybridized carbons (Fsp3) is 0.444. The summed E-state index contributed by atoms with van der Waals surface area (Å²) in [4.78, 5) is 13.0. The highest BCUT2D eigenvalue weighted by Gasteiger charge is 2.48. The lowest BCUT2D eigenvalue weighted by molar-refractivity contribution is -0.314. The molecule has 2 aliphatic heterocycles. The highest BCUT2D eigenvalue weighted by atomic mass is 16.7. The van der Waals surface area contributed by atoms with Crippen molar-refractivity contribution in [1.29, 1.82) is 0 Å². The second-order valence-corrected chi connectivity index (χ2v) is 10.3. The van der Waals surface area contributed by atoms with E-state index in [1.807, 2.05) is 0 Å². The standard InChI is InChI=1S/C27H30O16/c28-6-15-19(33)23(37)25(39)27(43-15)40-7-16-20(34)22(36)24(38)26(42-16)18-12(32)5-14-17(21(18)35)11(31)4-13(41-14)8-1-2-9(29)10(30)3-8/h1-5,15-16,19-20,22-30,32-39H,6-7H2/t15-,16-,19-,20-,22+,23+,24+,25-,26+,27-/m1/s1. The Morgan fingerprint density at radius 2 is 1.40 bits per heavy atom. The minimum atomic E-state index is -1.95. The Labute approximate surface area is 241 Å². The van der Waals surface area contributed by atoms with Gasteiger partial charge in [0.05, 0.1) is 18.8 Å². The van der Waals surface area contributed by atoms with Crippen LogP contribution in [-0.4, -0.2) is 125 Å². The van der Waals surface area contributed by atoms with Crippen molar-refractivity contribution in [2.75, 3.05) is 13.2 Å². The number of hydrogen-bond donors (Lipinski definition) is 11. The summed E-state index contributed by atoms with van der Waals surface area (Å²) in [6.07, 6.45) is -17.1. The molecule has 234 valence electrons. The zero-order valence-corrected chi connectivity index (χ0v) is 22.0. The summed E-state index contributed by atoms with van der Waals surface area (Å²) in [7, 11) is 0. The summed E-state index contributed by atoms with van der Waals surface area (Å²) in [5, 5.41) is 112. The van der Waals surface area contributed by atoms with Crippen LogP contribution < -0.4 is 5.43 Å². The van der Waals surface area contributed by atoms with Crippen LogP contribution in [0.25, 0.3) is 22.3 Å². The minimum Gasteiger partial charge on any atom is -0.507 e. The van der Waals surface area contributed by atoms with Crippen molar-refractivity contribution in [3.63, 3.8) is 0 Å². The summed E-state index contributed by atoms with van der Waals surface area (Å²) in [5.41, 5.74) is -1.47. The maximum Gasteiger partial charge on any atom is 0.197 e. The van der Waals surface area contributed by atoms with Crippen molar-refractivity contribution in [1.82, 2.24) is 0 Å². The van der Waals surface area contributed by atoms with Gasteiger partial charge in [-0.3, -0.25) is 4.79 Å². The molecule has 0 saturated carbocycles. The number of hydrogen-bond acceptors (Lipinski definition) is 16. The van der Waals surface area contributed by atoms with Crippen LogP contribution in [0.3, 0.4) is 0 Å². The molecule has 11 N–H and O–H groups in total. The molecule has 3 heterocycles. The number of ether oxygens (including phenoxy) is 3. The van der Waals surface area contributed by atoms with E-state index in [1.165, 1.54) is 6.07 Å². The third-order valence-corrected chi connectivity index (χ3v) is 7.54. The number of aliphatic hydroxyl groups is 7. The molecule has 2 saturated heterocycles. The molecule has 2 aliphatic rings. The van der Waals surface area contributed by atoms with E-state index in [9.17, 15) is 61.0 Å². The average molecular weight is 611 g/mol. The molecule has 0 spiro atoms. The van der Waals surface area contributed by atoms with Crippen LogP contribution in [0.15, 0.2) is 39.5 Å². The molecule has 2 fully saturated rings. The quantitative estimate of drug-likeness (QED) is 0.130. The Balaban J connectivity index is 1.44. The second-order valence-electron chi connectivity index (χ2n) is 10.3. The highest BCUT2D eigenvalue weighted by molar-refractivity contribution is 5.88. The van der Waals surface area contributed by atoms with Gasteiger partial charge in [0.1, 0.15) is 83.2 Å². The molecule has 0 amide bonds. The number of aliphatic hydroxyl groups excluding tert-OH is 7. The van der Waals surface area contributed by atoms with Gasteiger partial charge in [0.2, 0.25) is 0 Å². The lowest BCUT2D eigenvalue weighted by atomic mass is 9.89. The van der Waals surface area contributed by atoms with Gasteiger partial charge in [-0.15, -0.1) is 0 Å². The van der Waals surface area contributed by atoms with Crippen molar-refractivity contribution in [2.45, 2.75) is 61.2 Å². The predicted molar refractivity (Wildman–Crippen MR) is 140 cm³/mol. The molecular formula is C27H30O16. The minimum absolute atomic E-state index is 0.0859. The monoisotopic (exact) mass is 610 g/mol. The molecule has 0 bridgehead atoms. The van der Waals surface area contributed by atoms with Crippen LogP contribution in [0.1, 0.15) is 11.7 Å². The molecule has 16 nitrogen and oxygen atoms in total. The molecule has 5 rings (SSSR count). The van der Waals surface area contributed by atoms with Crippen LogP contribution >= 0.6 is 0 Å². The number of benzene rings is 2. The SMILES string of the molecule is O=c1cc(-c2ccc(O)c(O)c2)oc2cc(O)c([C@@H]3O[C@H](CO[C@@H]4O[C@H](CO)[C@@H](O)[C@H](O)[C@H]4O)[C@@H](O)[C@H](O)[C@@H]3O)c(O)c12. The smallest absolute Gasteiger partial charge is 0.197 e. The molecule has 2 aromatic carbocycles. The third-order valence-electron chi connectivity index (χ3n) is 7.54. The van der Waals surface area contributed by atoms with Crippen LogP contribution in [0.4, 0.5) is 0 Å². The van der Waals surface area contributed by atoms with Crippen LogP contribution in [0.2, 0.25) is 0 Å². The summed E-state index contributed by atoms with van der Waals surface area (Å²) in [5.74, 6) is -2.60. The topological polar surface area (TPSA) is 280 Å². The maximum atomic E-state index is 13.0. The number of aromatic hydroxyl groups is 4. The largest absolute Gasteiger partial charge is 0.507 e. The predicted octanol–water partition coefficient (Wildman–Crippen LogP) is -2.38. The highest BCUT2D eigenvalue weighted by Crippen LogP contribution is 2.45.